The summed E-state index contributed by atoms with van der Waals surface area (Å²) >= 11 is 0.800. The Morgan fingerprint density at radius 2 is 1.79 bits per heavy atom. The van der Waals surface area contributed by atoms with E-state index in [1.165, 1.54) is 4.90 Å². The molecule has 5 rings (SSSR count). The summed E-state index contributed by atoms with van der Waals surface area (Å²) in [5.74, 6) is -1.63. The predicted molar refractivity (Wildman–Crippen MR) is 149 cm³/mol. The van der Waals surface area contributed by atoms with Crippen molar-refractivity contribution < 1.29 is 14.4 Å². The monoisotopic (exact) mass is 530 g/mol. The molecule has 1 aliphatic carbocycles. The standard InChI is InChI=1S/C28H30N6O3S/c1-15-11-16(2)13-18(12-15)34(28(37)25-22(29)23(26(30)35)33-38-25)24(27(36)32-17-7-3-4-8-17)20-14-31-21-10-6-5-9-19(20)21/h5-6,9-14,17,24,31H,3-4,7-8,29H2,1-2H3,(H2,30,35)(H,32,36)/t24-/m1/s1. The van der Waals surface area contributed by atoms with Crippen LogP contribution < -0.4 is 21.7 Å². The number of H-pyrrole nitrogens is 1. The zero-order valence-electron chi connectivity index (χ0n) is 21.3. The molecule has 1 fully saturated rings. The number of carbonyl (C=O) groups excluding carboxylic acids is 3. The van der Waals surface area contributed by atoms with Crippen molar-refractivity contribution in [3.05, 3.63) is 75.9 Å². The summed E-state index contributed by atoms with van der Waals surface area (Å²) in [6.07, 6.45) is 5.67. The highest BCUT2D eigenvalue weighted by atomic mass is 32.1. The van der Waals surface area contributed by atoms with E-state index in [-0.39, 0.29) is 28.2 Å². The maximum atomic E-state index is 14.3. The Kier molecular flexibility index (Phi) is 6.90. The van der Waals surface area contributed by atoms with Crippen molar-refractivity contribution in [2.24, 2.45) is 5.73 Å². The topological polar surface area (TPSA) is 147 Å². The highest BCUT2D eigenvalue weighted by Gasteiger charge is 2.38. The van der Waals surface area contributed by atoms with E-state index >= 15 is 0 Å². The summed E-state index contributed by atoms with van der Waals surface area (Å²) in [6.45, 7) is 3.87. The van der Waals surface area contributed by atoms with Crippen LogP contribution in [0, 0.1) is 13.8 Å². The van der Waals surface area contributed by atoms with E-state index in [1.54, 1.807) is 6.20 Å². The van der Waals surface area contributed by atoms with Crippen molar-refractivity contribution in [2.75, 3.05) is 10.6 Å². The number of nitrogens with zero attached hydrogens (tertiary/aromatic N) is 2. The van der Waals surface area contributed by atoms with Gasteiger partial charge in [0.1, 0.15) is 10.9 Å². The second-order valence-corrected chi connectivity index (χ2v) is 10.6. The first-order valence-corrected chi connectivity index (χ1v) is 13.3. The molecule has 9 nitrogen and oxygen atoms in total. The number of carbonyl (C=O) groups is 3. The van der Waals surface area contributed by atoms with Gasteiger partial charge in [-0.25, -0.2) is 0 Å². The van der Waals surface area contributed by atoms with Crippen LogP contribution in [0.4, 0.5) is 11.4 Å². The fourth-order valence-corrected chi connectivity index (χ4v) is 6.02. The number of nitrogen functional groups attached to an aromatic ring is 1. The lowest BCUT2D eigenvalue weighted by molar-refractivity contribution is -0.123. The van der Waals surface area contributed by atoms with E-state index in [2.05, 4.69) is 14.7 Å². The number of hydrogen-bond donors (Lipinski definition) is 4. The normalized spacial score (nSPS) is 14.5. The van der Waals surface area contributed by atoms with E-state index in [1.807, 2.05) is 56.3 Å². The van der Waals surface area contributed by atoms with Crippen LogP contribution in [0.3, 0.4) is 0 Å². The number of rotatable bonds is 7. The van der Waals surface area contributed by atoms with Gasteiger partial charge < -0.3 is 21.8 Å². The average molecular weight is 531 g/mol. The van der Waals surface area contributed by atoms with Crippen LogP contribution in [0.2, 0.25) is 0 Å². The van der Waals surface area contributed by atoms with Crippen LogP contribution in [0.25, 0.3) is 10.9 Å². The van der Waals surface area contributed by atoms with Crippen LogP contribution in [0.5, 0.6) is 0 Å². The van der Waals surface area contributed by atoms with Gasteiger partial charge in [0.25, 0.3) is 11.8 Å². The zero-order chi connectivity index (χ0) is 27.0. The van der Waals surface area contributed by atoms with Crippen molar-refractivity contribution in [3.8, 4) is 0 Å². The fraction of sp³-hybridized carbons (Fsp3) is 0.286. The summed E-state index contributed by atoms with van der Waals surface area (Å²) in [6, 6.07) is 12.4. The minimum Gasteiger partial charge on any atom is -0.395 e. The molecule has 0 saturated heterocycles. The SMILES string of the molecule is Cc1cc(C)cc(N(C(=O)c2snc(C(N)=O)c2N)[C@@H](C(=O)NC2CCCC2)c2c[nH]c3ccccc23)c1. The molecule has 2 aromatic carbocycles. The molecule has 38 heavy (non-hydrogen) atoms. The maximum Gasteiger partial charge on any atom is 0.273 e. The van der Waals surface area contributed by atoms with Crippen molar-refractivity contribution in [1.29, 1.82) is 0 Å². The molecule has 2 heterocycles. The molecule has 1 aliphatic rings. The van der Waals surface area contributed by atoms with Gasteiger partial charge in [0.2, 0.25) is 5.91 Å². The summed E-state index contributed by atoms with van der Waals surface area (Å²) in [5, 5.41) is 4.02. The number of benzene rings is 2. The summed E-state index contributed by atoms with van der Waals surface area (Å²) in [5.41, 5.74) is 15.3. The second-order valence-electron chi connectivity index (χ2n) is 9.84. The highest BCUT2D eigenvalue weighted by molar-refractivity contribution is 7.09. The molecule has 4 aromatic rings. The first-order chi connectivity index (χ1) is 18.2. The smallest absolute Gasteiger partial charge is 0.273 e. The quantitative estimate of drug-likeness (QED) is 0.280. The molecule has 6 N–H and O–H groups in total. The Morgan fingerprint density at radius 1 is 1.11 bits per heavy atom. The molecular weight excluding hydrogens is 500 g/mol. The van der Waals surface area contributed by atoms with Crippen molar-refractivity contribution in [2.45, 2.75) is 51.6 Å². The van der Waals surface area contributed by atoms with Crippen molar-refractivity contribution in [3.63, 3.8) is 0 Å². The molecule has 0 radical (unpaired) electrons. The average Bonchev–Trinajstić information content (AvgIpc) is 3.61. The van der Waals surface area contributed by atoms with Gasteiger partial charge in [-0.15, -0.1) is 0 Å². The molecule has 1 saturated carbocycles. The lowest BCUT2D eigenvalue weighted by Gasteiger charge is -2.32. The molecule has 0 spiro atoms. The van der Waals surface area contributed by atoms with E-state index in [0.29, 0.717) is 11.3 Å². The fourth-order valence-electron chi connectivity index (χ4n) is 5.28. The van der Waals surface area contributed by atoms with Crippen LogP contribution >= 0.6 is 11.5 Å². The van der Waals surface area contributed by atoms with Crippen LogP contribution in [-0.2, 0) is 4.79 Å². The molecule has 0 bridgehead atoms. The third-order valence-electron chi connectivity index (χ3n) is 6.98. The highest BCUT2D eigenvalue weighted by Crippen LogP contribution is 2.37. The van der Waals surface area contributed by atoms with E-state index in [0.717, 1.165) is 59.2 Å². The number of para-hydroxylation sites is 1. The number of aryl methyl sites for hydroxylation is 2. The molecule has 1 atom stereocenters. The number of anilines is 2. The molecule has 196 valence electrons. The van der Waals surface area contributed by atoms with Crippen molar-refractivity contribution >= 4 is 51.5 Å². The number of nitrogens with two attached hydrogens (primary N) is 2. The van der Waals surface area contributed by atoms with E-state index in [9.17, 15) is 14.4 Å². The van der Waals surface area contributed by atoms with Gasteiger partial charge in [0.15, 0.2) is 5.69 Å². The Balaban J connectivity index is 1.71. The number of primary amides is 1. The third-order valence-corrected chi connectivity index (χ3v) is 7.83. The van der Waals surface area contributed by atoms with Gasteiger partial charge in [-0.05, 0) is 67.5 Å². The van der Waals surface area contributed by atoms with Gasteiger partial charge in [0.05, 0.1) is 5.69 Å². The summed E-state index contributed by atoms with van der Waals surface area (Å²) in [4.78, 5) is 45.0. The molecule has 0 aliphatic heterocycles. The zero-order valence-corrected chi connectivity index (χ0v) is 22.1. The Hall–Kier alpha value is -4.18. The van der Waals surface area contributed by atoms with Gasteiger partial charge in [-0.3, -0.25) is 19.3 Å². The minimum absolute atomic E-state index is 0.0429. The largest absolute Gasteiger partial charge is 0.395 e. The molecule has 2 aromatic heterocycles. The van der Waals surface area contributed by atoms with Crippen LogP contribution in [0.15, 0.2) is 48.7 Å². The predicted octanol–water partition coefficient (Wildman–Crippen LogP) is 4.37. The first-order valence-electron chi connectivity index (χ1n) is 12.6. The van der Waals surface area contributed by atoms with Crippen molar-refractivity contribution in [1.82, 2.24) is 14.7 Å². The Bertz CT molecular complexity index is 1510. The summed E-state index contributed by atoms with van der Waals surface area (Å²) in [7, 11) is 0. The molecular formula is C28H30N6O3S. The first kappa shape index (κ1) is 25.5. The molecule has 10 heteroatoms. The summed E-state index contributed by atoms with van der Waals surface area (Å²) < 4.78 is 4.04. The van der Waals surface area contributed by atoms with E-state index < -0.39 is 17.9 Å². The number of hydrogen-bond acceptors (Lipinski definition) is 6. The number of fused-ring (bicyclic) bond motifs is 1. The maximum absolute atomic E-state index is 14.3. The van der Waals surface area contributed by atoms with Crippen LogP contribution in [-0.4, -0.2) is 33.1 Å². The molecule has 3 amide bonds. The second kappa shape index (κ2) is 10.3. The van der Waals surface area contributed by atoms with Gasteiger partial charge >= 0.3 is 0 Å². The van der Waals surface area contributed by atoms with Gasteiger partial charge in [0, 0.05) is 34.4 Å². The Labute approximate surface area is 224 Å². The third kappa shape index (κ3) is 4.74. The van der Waals surface area contributed by atoms with Gasteiger partial charge in [-0.2, -0.15) is 4.37 Å². The number of aromatic nitrogens is 2. The number of aromatic amines is 1. The van der Waals surface area contributed by atoms with Gasteiger partial charge in [-0.1, -0.05) is 37.1 Å². The Morgan fingerprint density at radius 3 is 2.45 bits per heavy atom. The molecule has 0 unspecified atom stereocenters. The lowest BCUT2D eigenvalue weighted by atomic mass is 10.00. The van der Waals surface area contributed by atoms with E-state index in [4.69, 9.17) is 11.5 Å². The lowest BCUT2D eigenvalue weighted by Crippen LogP contribution is -2.46. The van der Waals surface area contributed by atoms with Crippen LogP contribution in [0.1, 0.15) is 68.6 Å². The number of nitrogens with one attached hydrogen (secondary N) is 2. The minimum atomic E-state index is -1.01. The number of amides is 3.